The van der Waals surface area contributed by atoms with Gasteiger partial charge in [0.2, 0.25) is 0 Å². The fourth-order valence-electron chi connectivity index (χ4n) is 3.18. The highest BCUT2D eigenvalue weighted by Gasteiger charge is 2.41. The minimum absolute atomic E-state index is 0.161. The summed E-state index contributed by atoms with van der Waals surface area (Å²) >= 11 is 0. The van der Waals surface area contributed by atoms with Crippen molar-refractivity contribution in [1.82, 2.24) is 0 Å². The quantitative estimate of drug-likeness (QED) is 0.793. The Morgan fingerprint density at radius 1 is 0.950 bits per heavy atom. The molecule has 20 heavy (non-hydrogen) atoms. The lowest BCUT2D eigenvalue weighted by molar-refractivity contribution is -0.182. The van der Waals surface area contributed by atoms with Crippen LogP contribution in [0.5, 0.6) is 0 Å². The van der Waals surface area contributed by atoms with Gasteiger partial charge in [-0.3, -0.25) is 0 Å². The number of aryl methyl sites for hydroxylation is 3. The predicted molar refractivity (Wildman–Crippen MR) is 76.1 cm³/mol. The number of benzene rings is 1. The van der Waals surface area contributed by atoms with Gasteiger partial charge in [-0.2, -0.15) is 13.2 Å². The van der Waals surface area contributed by atoms with E-state index in [1.165, 1.54) is 16.7 Å². The second-order valence-corrected chi connectivity index (χ2v) is 6.01. The Morgan fingerprint density at radius 3 is 1.90 bits per heavy atom. The second kappa shape index (κ2) is 5.66. The zero-order valence-electron chi connectivity index (χ0n) is 12.3. The first-order valence-corrected chi connectivity index (χ1v) is 7.18. The van der Waals surface area contributed by atoms with Crippen LogP contribution < -0.4 is 5.32 Å². The first-order chi connectivity index (χ1) is 9.27. The lowest BCUT2D eigenvalue weighted by atomic mass is 9.85. The molecule has 0 saturated heterocycles. The van der Waals surface area contributed by atoms with Crippen LogP contribution in [0.15, 0.2) is 12.1 Å². The van der Waals surface area contributed by atoms with Crippen LogP contribution >= 0.6 is 0 Å². The van der Waals surface area contributed by atoms with Crippen molar-refractivity contribution >= 4 is 5.69 Å². The Balaban J connectivity index is 2.00. The van der Waals surface area contributed by atoms with E-state index in [9.17, 15) is 13.2 Å². The van der Waals surface area contributed by atoms with Crippen LogP contribution in [0.1, 0.15) is 42.4 Å². The average Bonchev–Trinajstić information content (AvgIpc) is 2.33. The standard InChI is InChI=1S/C16H22F3N/c1-10-8-11(2)15(12(3)9-10)20-14-6-4-13(5-7-14)16(17,18)19/h8-9,13-14,20H,4-7H2,1-3H3. The summed E-state index contributed by atoms with van der Waals surface area (Å²) in [5, 5.41) is 3.45. The molecule has 1 nitrogen and oxygen atoms in total. The third-order valence-corrected chi connectivity index (χ3v) is 4.22. The highest BCUT2D eigenvalue weighted by atomic mass is 19.4. The molecule has 0 unspecified atom stereocenters. The van der Waals surface area contributed by atoms with Crippen LogP contribution in [0.3, 0.4) is 0 Å². The van der Waals surface area contributed by atoms with Gasteiger partial charge in [0.15, 0.2) is 0 Å². The SMILES string of the molecule is Cc1cc(C)c(NC2CCC(C(F)(F)F)CC2)c(C)c1. The molecule has 0 atom stereocenters. The Bertz CT molecular complexity index is 448. The molecule has 0 amide bonds. The molecule has 1 saturated carbocycles. The molecule has 0 radical (unpaired) electrons. The summed E-state index contributed by atoms with van der Waals surface area (Å²) in [7, 11) is 0. The summed E-state index contributed by atoms with van der Waals surface area (Å²) in [6.07, 6.45) is -2.36. The third kappa shape index (κ3) is 3.47. The maximum Gasteiger partial charge on any atom is 0.391 e. The van der Waals surface area contributed by atoms with E-state index >= 15 is 0 Å². The average molecular weight is 285 g/mol. The number of anilines is 1. The van der Waals surface area contributed by atoms with Crippen molar-refractivity contribution in [2.75, 3.05) is 5.32 Å². The van der Waals surface area contributed by atoms with E-state index < -0.39 is 12.1 Å². The predicted octanol–water partition coefficient (Wildman–Crippen LogP) is 5.14. The molecule has 1 N–H and O–H groups in total. The maximum absolute atomic E-state index is 12.6. The zero-order valence-corrected chi connectivity index (χ0v) is 12.3. The highest BCUT2D eigenvalue weighted by Crippen LogP contribution is 2.38. The molecule has 1 fully saturated rings. The highest BCUT2D eigenvalue weighted by molar-refractivity contribution is 5.58. The van der Waals surface area contributed by atoms with E-state index in [2.05, 4.69) is 24.4 Å². The molecule has 4 heteroatoms. The lowest BCUT2D eigenvalue weighted by Crippen LogP contribution is -2.33. The monoisotopic (exact) mass is 285 g/mol. The van der Waals surface area contributed by atoms with Crippen LogP contribution in [0.4, 0.5) is 18.9 Å². The molecule has 112 valence electrons. The van der Waals surface area contributed by atoms with Gasteiger partial charge in [0, 0.05) is 11.7 Å². The number of rotatable bonds is 2. The first kappa shape index (κ1) is 15.2. The Kier molecular flexibility index (Phi) is 4.31. The van der Waals surface area contributed by atoms with Crippen LogP contribution in [0.2, 0.25) is 0 Å². The zero-order chi connectivity index (χ0) is 14.9. The van der Waals surface area contributed by atoms with Crippen LogP contribution in [0.25, 0.3) is 0 Å². The smallest absolute Gasteiger partial charge is 0.382 e. The number of hydrogen-bond donors (Lipinski definition) is 1. The fraction of sp³-hybridized carbons (Fsp3) is 0.625. The van der Waals surface area contributed by atoms with E-state index in [1.54, 1.807) is 0 Å². The molecule has 1 aliphatic carbocycles. The van der Waals surface area contributed by atoms with Gasteiger partial charge in [0.25, 0.3) is 0 Å². The van der Waals surface area contributed by atoms with Crippen molar-refractivity contribution in [3.63, 3.8) is 0 Å². The van der Waals surface area contributed by atoms with Crippen molar-refractivity contribution in [3.05, 3.63) is 28.8 Å². The molecular formula is C16H22F3N. The van der Waals surface area contributed by atoms with E-state index in [4.69, 9.17) is 0 Å². The first-order valence-electron chi connectivity index (χ1n) is 7.18. The van der Waals surface area contributed by atoms with Gasteiger partial charge in [-0.25, -0.2) is 0 Å². The molecule has 0 spiro atoms. The van der Waals surface area contributed by atoms with E-state index in [0.717, 1.165) is 5.69 Å². The van der Waals surface area contributed by atoms with Crippen LogP contribution in [0, 0.1) is 26.7 Å². The van der Waals surface area contributed by atoms with Crippen molar-refractivity contribution in [3.8, 4) is 0 Å². The second-order valence-electron chi connectivity index (χ2n) is 6.01. The Labute approximate surface area is 118 Å². The summed E-state index contributed by atoms with van der Waals surface area (Å²) in [6, 6.07) is 4.38. The van der Waals surface area contributed by atoms with E-state index in [-0.39, 0.29) is 18.9 Å². The summed E-state index contributed by atoms with van der Waals surface area (Å²) in [5.74, 6) is -1.11. The summed E-state index contributed by atoms with van der Waals surface area (Å²) < 4.78 is 37.9. The van der Waals surface area contributed by atoms with Crippen molar-refractivity contribution in [2.24, 2.45) is 5.92 Å². The van der Waals surface area contributed by atoms with Gasteiger partial charge < -0.3 is 5.32 Å². The molecule has 1 aromatic carbocycles. The van der Waals surface area contributed by atoms with Crippen molar-refractivity contribution in [2.45, 2.75) is 58.7 Å². The molecule has 1 aliphatic rings. The van der Waals surface area contributed by atoms with Gasteiger partial charge in [-0.05, 0) is 57.6 Å². The summed E-state index contributed by atoms with van der Waals surface area (Å²) in [6.45, 7) is 6.14. The number of hydrogen-bond acceptors (Lipinski definition) is 1. The maximum atomic E-state index is 12.6. The normalized spacial score (nSPS) is 23.7. The molecule has 1 aromatic rings. The summed E-state index contributed by atoms with van der Waals surface area (Å²) in [5.41, 5.74) is 4.64. The van der Waals surface area contributed by atoms with Crippen molar-refractivity contribution < 1.29 is 13.2 Å². The molecule has 0 aromatic heterocycles. The minimum Gasteiger partial charge on any atom is -0.382 e. The van der Waals surface area contributed by atoms with Gasteiger partial charge in [0.1, 0.15) is 0 Å². The topological polar surface area (TPSA) is 12.0 Å². The lowest BCUT2D eigenvalue weighted by Gasteiger charge is -2.31. The van der Waals surface area contributed by atoms with E-state index in [1.807, 2.05) is 13.8 Å². The van der Waals surface area contributed by atoms with Crippen molar-refractivity contribution in [1.29, 1.82) is 0 Å². The number of nitrogens with one attached hydrogen (secondary N) is 1. The Morgan fingerprint density at radius 2 is 1.45 bits per heavy atom. The van der Waals surface area contributed by atoms with Gasteiger partial charge in [-0.1, -0.05) is 17.7 Å². The fourth-order valence-corrected chi connectivity index (χ4v) is 3.18. The van der Waals surface area contributed by atoms with Gasteiger partial charge in [-0.15, -0.1) is 0 Å². The van der Waals surface area contributed by atoms with Gasteiger partial charge in [0.05, 0.1) is 5.92 Å². The largest absolute Gasteiger partial charge is 0.391 e. The molecule has 2 rings (SSSR count). The minimum atomic E-state index is -4.03. The molecule has 0 aliphatic heterocycles. The number of alkyl halides is 3. The van der Waals surface area contributed by atoms with Crippen LogP contribution in [-0.4, -0.2) is 12.2 Å². The van der Waals surface area contributed by atoms with Crippen LogP contribution in [-0.2, 0) is 0 Å². The van der Waals surface area contributed by atoms with Gasteiger partial charge >= 0.3 is 6.18 Å². The summed E-state index contributed by atoms with van der Waals surface area (Å²) in [4.78, 5) is 0. The molecule has 0 heterocycles. The van der Waals surface area contributed by atoms with E-state index in [0.29, 0.717) is 12.8 Å². The third-order valence-electron chi connectivity index (χ3n) is 4.22. The number of halogens is 3. The molecule has 0 bridgehead atoms. The Hall–Kier alpha value is -1.19. The molecular weight excluding hydrogens is 263 g/mol.